The molecule has 0 spiro atoms. The molecule has 0 saturated carbocycles. The Hall–Kier alpha value is -0.560. The van der Waals surface area contributed by atoms with Crippen LogP contribution in [0.5, 0.6) is 0 Å². The molecule has 1 rings (SSSR count). The summed E-state index contributed by atoms with van der Waals surface area (Å²) in [6.07, 6.45) is 1.24. The number of β-amino-alcohol motifs (C(OH)–C–C–N with tert-alkyl or cyclic N) is 1. The van der Waals surface area contributed by atoms with Crippen molar-refractivity contribution in [2.45, 2.75) is 31.9 Å². The molecule has 0 amide bonds. The van der Waals surface area contributed by atoms with E-state index in [1.807, 2.05) is 6.92 Å². The van der Waals surface area contributed by atoms with Gasteiger partial charge in [-0.3, -0.25) is 4.90 Å². The van der Waals surface area contributed by atoms with Crippen LogP contribution in [-0.2, 0) is 0 Å². The van der Waals surface area contributed by atoms with E-state index >= 15 is 0 Å². The summed E-state index contributed by atoms with van der Waals surface area (Å²) in [4.78, 5) is 2.11. The topological polar surface area (TPSA) is 43.7 Å². The van der Waals surface area contributed by atoms with Crippen LogP contribution in [0.2, 0.25) is 0 Å². The van der Waals surface area contributed by atoms with Gasteiger partial charge in [0.1, 0.15) is 0 Å². The van der Waals surface area contributed by atoms with Crippen molar-refractivity contribution in [1.82, 2.24) is 4.90 Å². The van der Waals surface area contributed by atoms with Gasteiger partial charge in [0.05, 0.1) is 12.7 Å². The number of rotatable bonds is 3. The van der Waals surface area contributed by atoms with E-state index in [0.717, 1.165) is 13.0 Å². The van der Waals surface area contributed by atoms with Gasteiger partial charge in [0, 0.05) is 25.6 Å². The summed E-state index contributed by atoms with van der Waals surface area (Å²) in [5, 5.41) is 18.4. The Labute approximate surface area is 79.4 Å². The Morgan fingerprint density at radius 1 is 1.54 bits per heavy atom. The zero-order chi connectivity index (χ0) is 9.68. The van der Waals surface area contributed by atoms with E-state index in [2.05, 4.69) is 16.7 Å². The predicted molar refractivity (Wildman–Crippen MR) is 51.1 cm³/mol. The predicted octanol–water partition coefficient (Wildman–Crippen LogP) is -0.173. The van der Waals surface area contributed by atoms with Gasteiger partial charge in [-0.05, 0) is 13.3 Å². The molecule has 0 aromatic heterocycles. The number of hydrogen-bond acceptors (Lipinski definition) is 3. The molecule has 0 aliphatic carbocycles. The summed E-state index contributed by atoms with van der Waals surface area (Å²) >= 11 is 0. The fraction of sp³-hybridized carbons (Fsp3) is 0.800. The van der Waals surface area contributed by atoms with Crippen molar-refractivity contribution in [3.63, 3.8) is 0 Å². The maximum Gasteiger partial charge on any atom is 0.0683 e. The molecular weight excluding hydrogens is 166 g/mol. The average Bonchev–Trinajstić information content (AvgIpc) is 2.47. The standard InChI is InChI=1S/C10H17NO2/c1-2-3-4-5-11-7-10(13)6-9(11)8-12/h9-10,12-13H,4-8H2,1H3/t9-,10+/m0/s1. The number of aliphatic hydroxyl groups excluding tert-OH is 2. The zero-order valence-electron chi connectivity index (χ0n) is 8.03. The molecule has 1 heterocycles. The highest BCUT2D eigenvalue weighted by molar-refractivity contribution is 4.96. The monoisotopic (exact) mass is 183 g/mol. The molecule has 0 bridgehead atoms. The minimum Gasteiger partial charge on any atom is -0.395 e. The van der Waals surface area contributed by atoms with Gasteiger partial charge in [-0.15, -0.1) is 11.8 Å². The number of likely N-dealkylation sites (tertiary alicyclic amines) is 1. The van der Waals surface area contributed by atoms with Crippen molar-refractivity contribution in [1.29, 1.82) is 0 Å². The Balaban J connectivity index is 2.33. The van der Waals surface area contributed by atoms with E-state index in [0.29, 0.717) is 13.0 Å². The number of nitrogens with zero attached hydrogens (tertiary/aromatic N) is 1. The lowest BCUT2D eigenvalue weighted by atomic mass is 10.2. The van der Waals surface area contributed by atoms with E-state index in [-0.39, 0.29) is 18.8 Å². The molecule has 13 heavy (non-hydrogen) atoms. The summed E-state index contributed by atoms with van der Waals surface area (Å²) in [6, 6.07) is 0.133. The average molecular weight is 183 g/mol. The van der Waals surface area contributed by atoms with Crippen molar-refractivity contribution >= 4 is 0 Å². The molecule has 2 atom stereocenters. The molecule has 0 radical (unpaired) electrons. The third-order valence-corrected chi connectivity index (χ3v) is 2.42. The van der Waals surface area contributed by atoms with E-state index in [9.17, 15) is 5.11 Å². The molecule has 0 aromatic carbocycles. The molecule has 1 saturated heterocycles. The normalized spacial score (nSPS) is 28.5. The first-order valence-electron chi connectivity index (χ1n) is 4.70. The van der Waals surface area contributed by atoms with Crippen LogP contribution in [0, 0.1) is 11.8 Å². The van der Waals surface area contributed by atoms with Crippen molar-refractivity contribution in [3.05, 3.63) is 0 Å². The lowest BCUT2D eigenvalue weighted by molar-refractivity contribution is 0.158. The van der Waals surface area contributed by atoms with E-state index in [1.165, 1.54) is 0 Å². The second kappa shape index (κ2) is 5.23. The second-order valence-electron chi connectivity index (χ2n) is 3.40. The van der Waals surface area contributed by atoms with E-state index in [1.54, 1.807) is 0 Å². The maximum absolute atomic E-state index is 9.37. The largest absolute Gasteiger partial charge is 0.395 e. The van der Waals surface area contributed by atoms with Gasteiger partial charge in [0.15, 0.2) is 0 Å². The minimum atomic E-state index is -0.272. The highest BCUT2D eigenvalue weighted by Gasteiger charge is 2.29. The Kier molecular flexibility index (Phi) is 4.23. The highest BCUT2D eigenvalue weighted by atomic mass is 16.3. The molecule has 74 valence electrons. The van der Waals surface area contributed by atoms with E-state index < -0.39 is 0 Å². The third kappa shape index (κ3) is 3.00. The first kappa shape index (κ1) is 10.5. The van der Waals surface area contributed by atoms with Crippen LogP contribution in [-0.4, -0.2) is 47.0 Å². The van der Waals surface area contributed by atoms with Crippen LogP contribution in [0.1, 0.15) is 19.8 Å². The van der Waals surface area contributed by atoms with Crippen LogP contribution in [0.25, 0.3) is 0 Å². The number of hydrogen-bond donors (Lipinski definition) is 2. The van der Waals surface area contributed by atoms with Gasteiger partial charge in [-0.2, -0.15) is 0 Å². The van der Waals surface area contributed by atoms with Crippen LogP contribution in [0.4, 0.5) is 0 Å². The molecule has 1 aliphatic heterocycles. The lowest BCUT2D eigenvalue weighted by Gasteiger charge is -2.20. The Bertz CT molecular complexity index is 207. The molecule has 3 nitrogen and oxygen atoms in total. The van der Waals surface area contributed by atoms with Crippen molar-refractivity contribution in [2.24, 2.45) is 0 Å². The molecule has 3 heteroatoms. The first-order valence-corrected chi connectivity index (χ1v) is 4.70. The van der Waals surface area contributed by atoms with Crippen molar-refractivity contribution in [3.8, 4) is 11.8 Å². The first-order chi connectivity index (χ1) is 6.27. The SMILES string of the molecule is CC#CCCN1C[C@H](O)C[C@H]1CO. The van der Waals surface area contributed by atoms with Gasteiger partial charge in [-0.25, -0.2) is 0 Å². The van der Waals surface area contributed by atoms with Crippen molar-refractivity contribution in [2.75, 3.05) is 19.7 Å². The quantitative estimate of drug-likeness (QED) is 0.597. The van der Waals surface area contributed by atoms with Gasteiger partial charge in [0.25, 0.3) is 0 Å². The Morgan fingerprint density at radius 3 is 2.92 bits per heavy atom. The van der Waals surface area contributed by atoms with Gasteiger partial charge in [0.2, 0.25) is 0 Å². The molecule has 1 fully saturated rings. The summed E-state index contributed by atoms with van der Waals surface area (Å²) in [5.41, 5.74) is 0. The minimum absolute atomic E-state index is 0.133. The van der Waals surface area contributed by atoms with Gasteiger partial charge < -0.3 is 10.2 Å². The van der Waals surface area contributed by atoms with Gasteiger partial charge in [-0.1, -0.05) is 0 Å². The smallest absolute Gasteiger partial charge is 0.0683 e. The highest BCUT2D eigenvalue weighted by Crippen LogP contribution is 2.17. The zero-order valence-corrected chi connectivity index (χ0v) is 8.03. The lowest BCUT2D eigenvalue weighted by Crippen LogP contribution is -2.33. The van der Waals surface area contributed by atoms with E-state index in [4.69, 9.17) is 5.11 Å². The maximum atomic E-state index is 9.37. The summed E-state index contributed by atoms with van der Waals surface area (Å²) in [6.45, 7) is 3.48. The third-order valence-electron chi connectivity index (χ3n) is 2.42. The summed E-state index contributed by atoms with van der Waals surface area (Å²) in [5.74, 6) is 5.81. The molecule has 1 aliphatic rings. The molecule has 0 aromatic rings. The number of aliphatic hydroxyl groups is 2. The molecule has 0 unspecified atom stereocenters. The molecular formula is C10H17NO2. The van der Waals surface area contributed by atoms with Gasteiger partial charge >= 0.3 is 0 Å². The summed E-state index contributed by atoms with van der Waals surface area (Å²) in [7, 11) is 0. The van der Waals surface area contributed by atoms with Crippen LogP contribution in [0.3, 0.4) is 0 Å². The fourth-order valence-electron chi connectivity index (χ4n) is 1.75. The molecule has 2 N–H and O–H groups in total. The second-order valence-corrected chi connectivity index (χ2v) is 3.40. The van der Waals surface area contributed by atoms with Crippen molar-refractivity contribution < 1.29 is 10.2 Å². The fourth-order valence-corrected chi connectivity index (χ4v) is 1.75. The van der Waals surface area contributed by atoms with Crippen LogP contribution < -0.4 is 0 Å². The van der Waals surface area contributed by atoms with Crippen LogP contribution in [0.15, 0.2) is 0 Å². The Morgan fingerprint density at radius 2 is 2.31 bits per heavy atom. The summed E-state index contributed by atoms with van der Waals surface area (Å²) < 4.78 is 0. The van der Waals surface area contributed by atoms with Crippen LogP contribution >= 0.6 is 0 Å².